The number of aromatic nitrogens is 2. The van der Waals surface area contributed by atoms with Crippen LogP contribution in [-0.4, -0.2) is 21.0 Å². The number of rotatable bonds is 4. The lowest BCUT2D eigenvalue weighted by molar-refractivity contribution is 0.0697. The Kier molecular flexibility index (Phi) is 3.48. The van der Waals surface area contributed by atoms with Crippen LogP contribution in [-0.2, 0) is 12.8 Å². The monoisotopic (exact) mass is 347 g/mol. The minimum atomic E-state index is -0.942. The molecule has 0 atom stereocenters. The van der Waals surface area contributed by atoms with Crippen LogP contribution in [0.5, 0.6) is 0 Å². The van der Waals surface area contributed by atoms with Gasteiger partial charge >= 0.3 is 5.97 Å². The van der Waals surface area contributed by atoms with Gasteiger partial charge in [-0.05, 0) is 79.8 Å². The fourth-order valence-corrected chi connectivity index (χ4v) is 4.00. The average molecular weight is 347 g/mol. The molecule has 2 aliphatic carbocycles. The van der Waals surface area contributed by atoms with Crippen molar-refractivity contribution in [1.82, 2.24) is 9.97 Å². The second-order valence-electron chi connectivity index (χ2n) is 7.42. The van der Waals surface area contributed by atoms with Crippen LogP contribution in [0.1, 0.15) is 58.8 Å². The molecular weight excluding hydrogens is 326 g/mol. The van der Waals surface area contributed by atoms with Gasteiger partial charge in [0, 0.05) is 28.5 Å². The van der Waals surface area contributed by atoms with E-state index in [9.17, 15) is 9.90 Å². The molecule has 26 heavy (non-hydrogen) atoms. The molecule has 0 unspecified atom stereocenters. The Morgan fingerprint density at radius 1 is 1.19 bits per heavy atom. The number of hydrogen-bond donors (Lipinski definition) is 3. The molecule has 5 heteroatoms. The lowest BCUT2D eigenvalue weighted by Gasteiger charge is -2.12. The van der Waals surface area contributed by atoms with E-state index in [0.717, 1.165) is 42.5 Å². The number of anilines is 2. The number of nitrogens with zero attached hydrogens (tertiary/aromatic N) is 1. The van der Waals surface area contributed by atoms with E-state index < -0.39 is 5.97 Å². The number of nitrogens with one attached hydrogen (secondary N) is 2. The first-order chi connectivity index (χ1) is 12.7. The highest BCUT2D eigenvalue weighted by molar-refractivity contribution is 5.95. The molecule has 3 aromatic rings. The van der Waals surface area contributed by atoms with Crippen LogP contribution < -0.4 is 5.32 Å². The Labute approximate surface area is 151 Å². The standard InChI is InChI=1S/C21H21N3O2/c25-21(26)17-9-13(12-5-6-12)11-22-20(17)23-14-7-8-19-16(10-14)15-3-1-2-4-18(15)24-19/h7-12,24H,1-6H2,(H,22,23)(H,25,26). The Morgan fingerprint density at radius 2 is 2.04 bits per heavy atom. The van der Waals surface area contributed by atoms with Gasteiger partial charge < -0.3 is 15.4 Å². The smallest absolute Gasteiger partial charge is 0.339 e. The number of carbonyl (C=O) groups is 1. The molecule has 2 aliphatic rings. The van der Waals surface area contributed by atoms with Crippen LogP contribution in [0.15, 0.2) is 30.5 Å². The van der Waals surface area contributed by atoms with Crippen molar-refractivity contribution in [3.05, 3.63) is 52.8 Å². The summed E-state index contributed by atoms with van der Waals surface area (Å²) < 4.78 is 0. The SMILES string of the molecule is O=C(O)c1cc(C2CC2)cnc1Nc1ccc2[nH]c3c(c2c1)CCCC3. The third kappa shape index (κ3) is 2.64. The van der Waals surface area contributed by atoms with Gasteiger partial charge in [-0.25, -0.2) is 9.78 Å². The third-order valence-corrected chi connectivity index (χ3v) is 5.55. The maximum absolute atomic E-state index is 11.7. The van der Waals surface area contributed by atoms with Crippen molar-refractivity contribution in [2.75, 3.05) is 5.32 Å². The number of pyridine rings is 1. The molecule has 2 heterocycles. The summed E-state index contributed by atoms with van der Waals surface area (Å²) in [5, 5.41) is 14.0. The van der Waals surface area contributed by atoms with Crippen molar-refractivity contribution in [3.63, 3.8) is 0 Å². The number of hydrogen-bond acceptors (Lipinski definition) is 3. The summed E-state index contributed by atoms with van der Waals surface area (Å²) in [7, 11) is 0. The van der Waals surface area contributed by atoms with Gasteiger partial charge in [0.2, 0.25) is 0 Å². The van der Waals surface area contributed by atoms with Crippen molar-refractivity contribution < 1.29 is 9.90 Å². The maximum Gasteiger partial charge on any atom is 0.339 e. The molecule has 0 amide bonds. The zero-order valence-corrected chi connectivity index (χ0v) is 14.5. The molecule has 132 valence electrons. The zero-order chi connectivity index (χ0) is 17.7. The Balaban J connectivity index is 1.51. The van der Waals surface area contributed by atoms with E-state index in [1.165, 1.54) is 29.5 Å². The highest BCUT2D eigenvalue weighted by Gasteiger charge is 2.26. The number of fused-ring (bicyclic) bond motifs is 3. The summed E-state index contributed by atoms with van der Waals surface area (Å²) in [4.78, 5) is 19.6. The van der Waals surface area contributed by atoms with Crippen molar-refractivity contribution in [2.24, 2.45) is 0 Å². The van der Waals surface area contributed by atoms with Gasteiger partial charge in [0.15, 0.2) is 0 Å². The van der Waals surface area contributed by atoms with Crippen molar-refractivity contribution in [3.8, 4) is 0 Å². The first kappa shape index (κ1) is 15.4. The van der Waals surface area contributed by atoms with Crippen LogP contribution in [0.3, 0.4) is 0 Å². The fourth-order valence-electron chi connectivity index (χ4n) is 4.00. The molecule has 1 fully saturated rings. The number of benzene rings is 1. The molecule has 5 rings (SSSR count). The molecule has 1 aromatic carbocycles. The summed E-state index contributed by atoms with van der Waals surface area (Å²) in [6.45, 7) is 0. The average Bonchev–Trinajstić information content (AvgIpc) is 3.43. The predicted molar refractivity (Wildman–Crippen MR) is 101 cm³/mol. The second kappa shape index (κ2) is 5.87. The van der Waals surface area contributed by atoms with Crippen molar-refractivity contribution >= 4 is 28.4 Å². The van der Waals surface area contributed by atoms with Crippen LogP contribution in [0.25, 0.3) is 10.9 Å². The Hall–Kier alpha value is -2.82. The normalized spacial score (nSPS) is 16.5. The summed E-state index contributed by atoms with van der Waals surface area (Å²) >= 11 is 0. The van der Waals surface area contributed by atoms with Crippen molar-refractivity contribution in [2.45, 2.75) is 44.4 Å². The van der Waals surface area contributed by atoms with E-state index in [1.807, 2.05) is 12.3 Å². The van der Waals surface area contributed by atoms with Gasteiger partial charge in [-0.3, -0.25) is 0 Å². The minimum Gasteiger partial charge on any atom is -0.478 e. The molecule has 5 nitrogen and oxygen atoms in total. The highest BCUT2D eigenvalue weighted by Crippen LogP contribution is 2.40. The van der Waals surface area contributed by atoms with Gasteiger partial charge in [0.05, 0.1) is 0 Å². The van der Waals surface area contributed by atoms with Crippen LogP contribution in [0.2, 0.25) is 0 Å². The lowest BCUT2D eigenvalue weighted by atomic mass is 9.95. The van der Waals surface area contributed by atoms with E-state index in [1.54, 1.807) is 6.07 Å². The van der Waals surface area contributed by atoms with Gasteiger partial charge in [0.25, 0.3) is 0 Å². The lowest BCUT2D eigenvalue weighted by Crippen LogP contribution is -2.06. The topological polar surface area (TPSA) is 78.0 Å². The molecule has 0 bridgehead atoms. The van der Waals surface area contributed by atoms with E-state index in [2.05, 4.69) is 27.4 Å². The Bertz CT molecular complexity index is 1020. The fraction of sp³-hybridized carbons (Fsp3) is 0.333. The molecule has 0 radical (unpaired) electrons. The summed E-state index contributed by atoms with van der Waals surface area (Å²) in [6, 6.07) is 7.92. The minimum absolute atomic E-state index is 0.241. The number of carboxylic acids is 1. The predicted octanol–water partition coefficient (Wildman–Crippen LogP) is 4.76. The van der Waals surface area contributed by atoms with Gasteiger partial charge in [-0.1, -0.05) is 0 Å². The highest BCUT2D eigenvalue weighted by atomic mass is 16.4. The molecule has 2 aromatic heterocycles. The molecule has 0 spiro atoms. The van der Waals surface area contributed by atoms with Gasteiger partial charge in [-0.2, -0.15) is 0 Å². The molecule has 3 N–H and O–H groups in total. The zero-order valence-electron chi connectivity index (χ0n) is 14.5. The van der Waals surface area contributed by atoms with E-state index in [0.29, 0.717) is 11.7 Å². The second-order valence-corrected chi connectivity index (χ2v) is 7.42. The Morgan fingerprint density at radius 3 is 2.85 bits per heavy atom. The van der Waals surface area contributed by atoms with Crippen LogP contribution in [0, 0.1) is 0 Å². The van der Waals surface area contributed by atoms with E-state index >= 15 is 0 Å². The van der Waals surface area contributed by atoms with Crippen LogP contribution >= 0.6 is 0 Å². The van der Waals surface area contributed by atoms with Gasteiger partial charge in [-0.15, -0.1) is 0 Å². The quantitative estimate of drug-likeness (QED) is 0.636. The van der Waals surface area contributed by atoms with Crippen LogP contribution in [0.4, 0.5) is 11.5 Å². The molecule has 0 saturated heterocycles. The maximum atomic E-state index is 11.7. The first-order valence-corrected chi connectivity index (χ1v) is 9.33. The third-order valence-electron chi connectivity index (χ3n) is 5.55. The number of aromatic amines is 1. The summed E-state index contributed by atoms with van der Waals surface area (Å²) in [5.41, 5.74) is 6.05. The summed E-state index contributed by atoms with van der Waals surface area (Å²) in [5.74, 6) is -0.0503. The molecular formula is C21H21N3O2. The number of H-pyrrole nitrogens is 1. The van der Waals surface area contributed by atoms with E-state index in [-0.39, 0.29) is 5.56 Å². The van der Waals surface area contributed by atoms with E-state index in [4.69, 9.17) is 0 Å². The summed E-state index contributed by atoms with van der Waals surface area (Å²) in [6.07, 6.45) is 8.75. The largest absolute Gasteiger partial charge is 0.478 e. The van der Waals surface area contributed by atoms with Gasteiger partial charge in [0.1, 0.15) is 11.4 Å². The number of aryl methyl sites for hydroxylation is 2. The molecule has 0 aliphatic heterocycles. The number of carboxylic acid groups (broad SMARTS) is 1. The first-order valence-electron chi connectivity index (χ1n) is 9.33. The van der Waals surface area contributed by atoms with Crippen molar-refractivity contribution in [1.29, 1.82) is 0 Å². The number of aromatic carboxylic acids is 1. The molecule has 1 saturated carbocycles.